The Hall–Kier alpha value is -2.42. The molecule has 0 amide bonds. The Morgan fingerprint density at radius 1 is 0.868 bits per heavy atom. The summed E-state index contributed by atoms with van der Waals surface area (Å²) in [5, 5.41) is 12.3. The molecule has 1 aromatic heterocycles. The smallest absolute Gasteiger partial charge is 0.103 e. The summed E-state index contributed by atoms with van der Waals surface area (Å²) >= 11 is 13.6. The fourth-order valence-electron chi connectivity index (χ4n) is 7.28. The lowest BCUT2D eigenvalue weighted by molar-refractivity contribution is 0.0734. The Morgan fingerprint density at radius 3 is 2.05 bits per heavy atom. The fourth-order valence-corrected chi connectivity index (χ4v) is 7.76. The van der Waals surface area contributed by atoms with Crippen LogP contribution in [0, 0.1) is 11.3 Å². The highest BCUT2D eigenvalue weighted by molar-refractivity contribution is 6.32. The van der Waals surface area contributed by atoms with E-state index in [1.165, 1.54) is 24.8 Å². The van der Waals surface area contributed by atoms with Gasteiger partial charge in [0, 0.05) is 34.9 Å². The minimum atomic E-state index is -0.583. The van der Waals surface area contributed by atoms with Crippen molar-refractivity contribution < 1.29 is 0 Å². The zero-order valence-corrected chi connectivity index (χ0v) is 23.2. The molecule has 4 heterocycles. The van der Waals surface area contributed by atoms with Gasteiger partial charge in [-0.3, -0.25) is 14.8 Å². The molecule has 0 spiro atoms. The number of piperidine rings is 2. The van der Waals surface area contributed by atoms with Gasteiger partial charge in [-0.25, -0.2) is 0 Å². The third kappa shape index (κ3) is 4.75. The molecule has 0 saturated carbocycles. The molecule has 2 bridgehead atoms. The van der Waals surface area contributed by atoms with Crippen molar-refractivity contribution in [3.05, 3.63) is 99.3 Å². The summed E-state index contributed by atoms with van der Waals surface area (Å²) in [7, 11) is 0. The summed E-state index contributed by atoms with van der Waals surface area (Å²) in [6, 6.07) is 23.7. The molecular formula is C32H34Cl2N4. The zero-order chi connectivity index (χ0) is 26.1. The van der Waals surface area contributed by atoms with Crippen LogP contribution >= 0.6 is 23.2 Å². The molecule has 6 rings (SSSR count). The molecule has 3 aromatic rings. The van der Waals surface area contributed by atoms with Crippen LogP contribution in [0.3, 0.4) is 0 Å². The Balaban J connectivity index is 1.37. The molecule has 196 valence electrons. The molecule has 2 unspecified atom stereocenters. The number of fused-ring (bicyclic) bond motifs is 2. The van der Waals surface area contributed by atoms with E-state index < -0.39 is 5.41 Å². The van der Waals surface area contributed by atoms with E-state index in [0.29, 0.717) is 0 Å². The number of rotatable bonds is 6. The highest BCUT2D eigenvalue weighted by Crippen LogP contribution is 2.52. The van der Waals surface area contributed by atoms with E-state index in [1.54, 1.807) is 0 Å². The van der Waals surface area contributed by atoms with E-state index >= 15 is 0 Å². The number of nitriles is 1. The predicted molar refractivity (Wildman–Crippen MR) is 153 cm³/mol. The van der Waals surface area contributed by atoms with E-state index in [1.807, 2.05) is 36.5 Å². The van der Waals surface area contributed by atoms with Crippen molar-refractivity contribution in [2.45, 2.75) is 75.0 Å². The van der Waals surface area contributed by atoms with Crippen LogP contribution in [0.25, 0.3) is 0 Å². The zero-order valence-electron chi connectivity index (χ0n) is 21.7. The number of hydrogen-bond donors (Lipinski definition) is 0. The van der Waals surface area contributed by atoms with E-state index in [4.69, 9.17) is 28.2 Å². The summed E-state index contributed by atoms with van der Waals surface area (Å²) in [6.07, 6.45) is 9.37. The molecule has 6 heteroatoms. The Morgan fingerprint density at radius 2 is 1.47 bits per heavy atom. The SMILES string of the molecule is N#CC1(c2ncccc2CN2CCCCC2)CC2CCC(C1)N2C(c1ccccc1Cl)c1ccccc1Cl. The number of pyridine rings is 1. The average molecular weight is 546 g/mol. The molecule has 2 aromatic carbocycles. The maximum Gasteiger partial charge on any atom is 0.103 e. The molecule has 38 heavy (non-hydrogen) atoms. The van der Waals surface area contributed by atoms with Crippen LogP contribution in [0.4, 0.5) is 0 Å². The van der Waals surface area contributed by atoms with Crippen LogP contribution in [0.5, 0.6) is 0 Å². The third-order valence-electron chi connectivity index (χ3n) is 8.94. The number of hydrogen-bond acceptors (Lipinski definition) is 4. The van der Waals surface area contributed by atoms with Crippen LogP contribution in [-0.4, -0.2) is 40.0 Å². The fraction of sp³-hybridized carbons (Fsp3) is 0.438. The first-order valence-electron chi connectivity index (χ1n) is 13.9. The van der Waals surface area contributed by atoms with Gasteiger partial charge < -0.3 is 0 Å². The molecule has 0 N–H and O–H groups in total. The summed E-state index contributed by atoms with van der Waals surface area (Å²) in [5.41, 5.74) is 3.79. The van der Waals surface area contributed by atoms with Gasteiger partial charge in [0.1, 0.15) is 5.41 Å². The van der Waals surface area contributed by atoms with E-state index in [-0.39, 0.29) is 18.1 Å². The number of benzene rings is 2. The first-order chi connectivity index (χ1) is 18.6. The highest BCUT2D eigenvalue weighted by atomic mass is 35.5. The molecule has 0 radical (unpaired) electrons. The van der Waals surface area contributed by atoms with Crippen LogP contribution < -0.4 is 0 Å². The summed E-state index contributed by atoms with van der Waals surface area (Å²) in [5.74, 6) is 0. The summed E-state index contributed by atoms with van der Waals surface area (Å²) in [6.45, 7) is 3.14. The number of halogens is 2. The highest BCUT2D eigenvalue weighted by Gasteiger charge is 2.53. The van der Waals surface area contributed by atoms with Gasteiger partial charge in [0.25, 0.3) is 0 Å². The van der Waals surface area contributed by atoms with Gasteiger partial charge in [0.05, 0.1) is 17.8 Å². The van der Waals surface area contributed by atoms with Gasteiger partial charge in [0.2, 0.25) is 0 Å². The van der Waals surface area contributed by atoms with Crippen LogP contribution in [0.15, 0.2) is 66.9 Å². The van der Waals surface area contributed by atoms with Crippen molar-refractivity contribution in [1.82, 2.24) is 14.8 Å². The second-order valence-electron chi connectivity index (χ2n) is 11.2. The lowest BCUT2D eigenvalue weighted by Gasteiger charge is -2.47. The molecule has 4 nitrogen and oxygen atoms in total. The largest absolute Gasteiger partial charge is 0.299 e. The first-order valence-corrected chi connectivity index (χ1v) is 14.7. The van der Waals surface area contributed by atoms with Crippen LogP contribution in [-0.2, 0) is 12.0 Å². The van der Waals surface area contributed by atoms with Crippen molar-refractivity contribution in [1.29, 1.82) is 5.26 Å². The minimum Gasteiger partial charge on any atom is -0.299 e. The second kappa shape index (κ2) is 11.0. The van der Waals surface area contributed by atoms with Gasteiger partial charge in [-0.1, -0.05) is 72.1 Å². The van der Waals surface area contributed by atoms with Gasteiger partial charge >= 0.3 is 0 Å². The Bertz CT molecular complexity index is 1270. The Labute approximate surface area is 236 Å². The monoisotopic (exact) mass is 544 g/mol. The molecular weight excluding hydrogens is 511 g/mol. The molecule has 3 fully saturated rings. The van der Waals surface area contributed by atoms with E-state index in [2.05, 4.69) is 46.2 Å². The molecule has 2 atom stereocenters. The van der Waals surface area contributed by atoms with Gasteiger partial charge in [-0.15, -0.1) is 0 Å². The van der Waals surface area contributed by atoms with Crippen LogP contribution in [0.2, 0.25) is 10.0 Å². The normalized spacial score (nSPS) is 25.9. The second-order valence-corrected chi connectivity index (χ2v) is 12.0. The minimum absolute atomic E-state index is 0.0526. The average Bonchev–Trinajstić information content (AvgIpc) is 3.21. The van der Waals surface area contributed by atoms with E-state index in [0.717, 1.165) is 72.2 Å². The van der Waals surface area contributed by atoms with Gasteiger partial charge in [0.15, 0.2) is 0 Å². The maximum absolute atomic E-state index is 10.8. The van der Waals surface area contributed by atoms with E-state index in [9.17, 15) is 5.26 Å². The maximum atomic E-state index is 10.8. The lowest BCUT2D eigenvalue weighted by atomic mass is 9.71. The van der Waals surface area contributed by atoms with Crippen molar-refractivity contribution in [3.63, 3.8) is 0 Å². The predicted octanol–water partition coefficient (Wildman–Crippen LogP) is 7.55. The van der Waals surface area contributed by atoms with Crippen molar-refractivity contribution in [2.75, 3.05) is 13.1 Å². The van der Waals surface area contributed by atoms with Crippen molar-refractivity contribution in [2.24, 2.45) is 0 Å². The standard InChI is InChI=1S/C32H34Cl2N4/c33-28-12-4-2-10-26(28)30(27-11-3-5-13-29(27)34)38-24-14-15-25(38)20-32(19-24,22-35)31-23(9-8-16-36-31)21-37-17-6-1-7-18-37/h2-5,8-13,16,24-25,30H,1,6-7,14-15,17-21H2. The number of likely N-dealkylation sites (tertiary alicyclic amines) is 1. The molecule has 3 aliphatic heterocycles. The van der Waals surface area contributed by atoms with Crippen LogP contribution in [0.1, 0.15) is 73.4 Å². The van der Waals surface area contributed by atoms with Gasteiger partial charge in [-0.2, -0.15) is 5.26 Å². The number of aromatic nitrogens is 1. The molecule has 3 saturated heterocycles. The van der Waals surface area contributed by atoms with Crippen molar-refractivity contribution >= 4 is 23.2 Å². The van der Waals surface area contributed by atoms with Gasteiger partial charge in [-0.05, 0) is 86.5 Å². The number of nitrogens with zero attached hydrogens (tertiary/aromatic N) is 4. The quantitative estimate of drug-likeness (QED) is 0.321. The summed E-state index contributed by atoms with van der Waals surface area (Å²) < 4.78 is 0. The lowest BCUT2D eigenvalue weighted by Crippen LogP contribution is -2.51. The summed E-state index contributed by atoms with van der Waals surface area (Å²) in [4.78, 5) is 10.1. The third-order valence-corrected chi connectivity index (χ3v) is 9.63. The molecule has 0 aliphatic carbocycles. The Kier molecular flexibility index (Phi) is 7.47. The van der Waals surface area contributed by atoms with Crippen molar-refractivity contribution in [3.8, 4) is 6.07 Å². The molecule has 3 aliphatic rings. The topological polar surface area (TPSA) is 43.2 Å². The first kappa shape index (κ1) is 25.8.